The van der Waals surface area contributed by atoms with E-state index < -0.39 is 6.10 Å². The summed E-state index contributed by atoms with van der Waals surface area (Å²) in [6.07, 6.45) is -0.804. The number of aryl methyl sites for hydroxylation is 1. The molecule has 0 bridgehead atoms. The van der Waals surface area contributed by atoms with Crippen LogP contribution in [0.5, 0.6) is 0 Å². The first-order chi connectivity index (χ1) is 9.58. The first-order valence-corrected chi connectivity index (χ1v) is 6.60. The molecular formula is C18H18O2. The van der Waals surface area contributed by atoms with Gasteiger partial charge in [-0.05, 0) is 18.1 Å². The third kappa shape index (κ3) is 3.43. The Kier molecular flexibility index (Phi) is 4.49. The molecule has 0 aliphatic heterocycles. The largest absolute Gasteiger partial charge is 0.385 e. The number of ketones is 1. The molecule has 2 aromatic rings. The first-order valence-electron chi connectivity index (χ1n) is 6.60. The van der Waals surface area contributed by atoms with Crippen molar-refractivity contribution in [1.29, 1.82) is 0 Å². The number of hydrogen-bond acceptors (Lipinski definition) is 2. The van der Waals surface area contributed by atoms with Crippen LogP contribution in [0.2, 0.25) is 0 Å². The van der Waals surface area contributed by atoms with Gasteiger partial charge in [-0.1, -0.05) is 66.7 Å². The van der Waals surface area contributed by atoms with Crippen molar-refractivity contribution < 1.29 is 9.90 Å². The molecule has 0 spiro atoms. The van der Waals surface area contributed by atoms with E-state index in [0.717, 1.165) is 16.7 Å². The predicted octanol–water partition coefficient (Wildman–Crippen LogP) is 3.64. The number of rotatable bonds is 5. The molecule has 20 heavy (non-hydrogen) atoms. The van der Waals surface area contributed by atoms with Gasteiger partial charge in [-0.3, -0.25) is 4.79 Å². The predicted molar refractivity (Wildman–Crippen MR) is 81.6 cm³/mol. The van der Waals surface area contributed by atoms with Crippen LogP contribution in [0.1, 0.15) is 27.9 Å². The molecule has 1 N–H and O–H groups in total. The Bertz CT molecular complexity index is 597. The van der Waals surface area contributed by atoms with E-state index in [1.54, 1.807) is 12.1 Å². The summed E-state index contributed by atoms with van der Waals surface area (Å²) in [5.41, 5.74) is 3.33. The normalized spacial score (nSPS) is 11.9. The van der Waals surface area contributed by atoms with Gasteiger partial charge in [0, 0.05) is 12.0 Å². The summed E-state index contributed by atoms with van der Waals surface area (Å²) < 4.78 is 0. The van der Waals surface area contributed by atoms with Crippen LogP contribution in [0.4, 0.5) is 0 Å². The number of benzene rings is 2. The molecule has 0 amide bonds. The highest BCUT2D eigenvalue weighted by Crippen LogP contribution is 2.19. The molecule has 0 aliphatic rings. The van der Waals surface area contributed by atoms with Gasteiger partial charge in [0.2, 0.25) is 0 Å². The van der Waals surface area contributed by atoms with E-state index in [2.05, 4.69) is 6.58 Å². The molecule has 1 atom stereocenters. The summed E-state index contributed by atoms with van der Waals surface area (Å²) in [5, 5.41) is 10.1. The van der Waals surface area contributed by atoms with Crippen molar-refractivity contribution in [2.45, 2.75) is 19.4 Å². The second-order valence-electron chi connectivity index (χ2n) is 4.92. The average Bonchev–Trinajstić information content (AvgIpc) is 2.48. The van der Waals surface area contributed by atoms with E-state index >= 15 is 0 Å². The summed E-state index contributed by atoms with van der Waals surface area (Å²) in [4.78, 5) is 12.1. The van der Waals surface area contributed by atoms with E-state index in [1.165, 1.54) is 0 Å². The van der Waals surface area contributed by atoms with Crippen molar-refractivity contribution in [2.75, 3.05) is 0 Å². The van der Waals surface area contributed by atoms with E-state index in [-0.39, 0.29) is 12.2 Å². The maximum Gasteiger partial charge on any atom is 0.191 e. The van der Waals surface area contributed by atoms with Gasteiger partial charge < -0.3 is 5.11 Å². The Balaban J connectivity index is 2.05. The molecule has 2 rings (SSSR count). The Morgan fingerprint density at radius 1 is 1.05 bits per heavy atom. The highest BCUT2D eigenvalue weighted by atomic mass is 16.3. The van der Waals surface area contributed by atoms with Crippen molar-refractivity contribution in [1.82, 2.24) is 0 Å². The highest BCUT2D eigenvalue weighted by Gasteiger charge is 2.18. The van der Waals surface area contributed by atoms with E-state index in [9.17, 15) is 9.90 Å². The third-order valence-electron chi connectivity index (χ3n) is 3.26. The molecule has 0 radical (unpaired) electrons. The van der Waals surface area contributed by atoms with E-state index in [4.69, 9.17) is 0 Å². The fourth-order valence-electron chi connectivity index (χ4n) is 2.03. The molecule has 102 valence electrons. The van der Waals surface area contributed by atoms with Crippen LogP contribution in [-0.4, -0.2) is 17.0 Å². The maximum absolute atomic E-state index is 12.1. The summed E-state index contributed by atoms with van der Waals surface area (Å²) >= 11 is 0. The molecule has 2 nitrogen and oxygen atoms in total. The van der Waals surface area contributed by atoms with Crippen molar-refractivity contribution in [3.63, 3.8) is 0 Å². The second kappa shape index (κ2) is 6.31. The summed E-state index contributed by atoms with van der Waals surface area (Å²) in [6.45, 7) is 5.90. The number of aliphatic hydroxyl groups is 1. The fourth-order valence-corrected chi connectivity index (χ4v) is 2.03. The SMILES string of the molecule is C=C(C[C@@H](O)C(=O)c1ccc(C)cc1)c1ccccc1. The van der Waals surface area contributed by atoms with Crippen molar-refractivity contribution >= 4 is 11.4 Å². The molecule has 0 saturated carbocycles. The lowest BCUT2D eigenvalue weighted by atomic mass is 9.96. The maximum atomic E-state index is 12.1. The quantitative estimate of drug-likeness (QED) is 0.839. The molecule has 0 aromatic heterocycles. The third-order valence-corrected chi connectivity index (χ3v) is 3.26. The van der Waals surface area contributed by atoms with Crippen LogP contribution in [0, 0.1) is 6.92 Å². The minimum atomic E-state index is -1.05. The lowest BCUT2D eigenvalue weighted by molar-refractivity contribution is 0.0757. The Morgan fingerprint density at radius 3 is 2.25 bits per heavy atom. The monoisotopic (exact) mass is 266 g/mol. The number of carbonyl (C=O) groups excluding carboxylic acids is 1. The minimum absolute atomic E-state index is 0.247. The number of Topliss-reactive ketones (excluding diaryl/α,β-unsaturated/α-hetero) is 1. The number of aliphatic hydroxyl groups excluding tert-OH is 1. The lowest BCUT2D eigenvalue weighted by Crippen LogP contribution is -2.20. The molecule has 2 heteroatoms. The van der Waals surface area contributed by atoms with Crippen molar-refractivity contribution in [3.8, 4) is 0 Å². The van der Waals surface area contributed by atoms with Crippen molar-refractivity contribution in [2.24, 2.45) is 0 Å². The van der Waals surface area contributed by atoms with Gasteiger partial charge in [-0.25, -0.2) is 0 Å². The van der Waals surface area contributed by atoms with Crippen LogP contribution in [0.15, 0.2) is 61.2 Å². The zero-order valence-electron chi connectivity index (χ0n) is 11.5. The van der Waals surface area contributed by atoms with Gasteiger partial charge >= 0.3 is 0 Å². The van der Waals surface area contributed by atoms with Gasteiger partial charge in [0.1, 0.15) is 6.10 Å². The van der Waals surface area contributed by atoms with E-state index in [1.807, 2.05) is 49.4 Å². The van der Waals surface area contributed by atoms with Crippen LogP contribution in [-0.2, 0) is 0 Å². The highest BCUT2D eigenvalue weighted by molar-refractivity contribution is 6.00. The summed E-state index contributed by atoms with van der Waals surface area (Å²) in [6, 6.07) is 16.8. The van der Waals surface area contributed by atoms with Crippen LogP contribution in [0.3, 0.4) is 0 Å². The smallest absolute Gasteiger partial charge is 0.191 e. The van der Waals surface area contributed by atoms with Gasteiger partial charge in [-0.15, -0.1) is 0 Å². The van der Waals surface area contributed by atoms with Crippen LogP contribution in [0.25, 0.3) is 5.57 Å². The number of carbonyl (C=O) groups is 1. The van der Waals surface area contributed by atoms with Crippen LogP contribution >= 0.6 is 0 Å². The van der Waals surface area contributed by atoms with Gasteiger partial charge in [0.15, 0.2) is 5.78 Å². The first kappa shape index (κ1) is 14.2. The second-order valence-corrected chi connectivity index (χ2v) is 4.92. The molecule has 0 aliphatic carbocycles. The minimum Gasteiger partial charge on any atom is -0.385 e. The Morgan fingerprint density at radius 2 is 1.65 bits per heavy atom. The van der Waals surface area contributed by atoms with E-state index in [0.29, 0.717) is 5.56 Å². The standard InChI is InChI=1S/C18H18O2/c1-13-8-10-16(11-9-13)18(20)17(19)12-14(2)15-6-4-3-5-7-15/h3-11,17,19H,2,12H2,1H3/t17-/m1/s1. The molecule has 0 heterocycles. The van der Waals surface area contributed by atoms with Gasteiger partial charge in [0.05, 0.1) is 0 Å². The molecular weight excluding hydrogens is 248 g/mol. The molecule has 0 saturated heterocycles. The topological polar surface area (TPSA) is 37.3 Å². The molecule has 0 unspecified atom stereocenters. The Labute approximate surface area is 119 Å². The molecule has 0 fully saturated rings. The van der Waals surface area contributed by atoms with Crippen LogP contribution < -0.4 is 0 Å². The van der Waals surface area contributed by atoms with Gasteiger partial charge in [-0.2, -0.15) is 0 Å². The Hall–Kier alpha value is -2.19. The zero-order chi connectivity index (χ0) is 14.5. The zero-order valence-corrected chi connectivity index (χ0v) is 11.5. The lowest BCUT2D eigenvalue weighted by Gasteiger charge is -2.12. The molecule has 2 aromatic carbocycles. The fraction of sp³-hybridized carbons (Fsp3) is 0.167. The summed E-state index contributed by atoms with van der Waals surface area (Å²) in [5.74, 6) is -0.262. The van der Waals surface area contributed by atoms with Crippen molar-refractivity contribution in [3.05, 3.63) is 77.9 Å². The van der Waals surface area contributed by atoms with Gasteiger partial charge in [0.25, 0.3) is 0 Å². The summed E-state index contributed by atoms with van der Waals surface area (Å²) in [7, 11) is 0. The number of hydrogen-bond donors (Lipinski definition) is 1. The average molecular weight is 266 g/mol.